The lowest BCUT2D eigenvalue weighted by molar-refractivity contribution is 0.690. The van der Waals surface area contributed by atoms with Crippen molar-refractivity contribution in [1.82, 2.24) is 0 Å². The summed E-state index contributed by atoms with van der Waals surface area (Å²) in [5.74, 6) is 2.74. The van der Waals surface area contributed by atoms with Crippen LogP contribution in [0.1, 0.15) is 6.92 Å². The van der Waals surface area contributed by atoms with E-state index in [1.165, 1.54) is 18.8 Å². The predicted octanol–water partition coefficient (Wildman–Crippen LogP) is 3.70. The number of hydrogen-bond donors (Lipinski definition) is 0. The molecule has 1 saturated heterocycles. The zero-order valence-electron chi connectivity index (χ0n) is 8.58. The number of piperidine rings is 1. The predicted molar refractivity (Wildman–Crippen MR) is 64.8 cm³/mol. The van der Waals surface area contributed by atoms with Gasteiger partial charge in [0.15, 0.2) is 0 Å². The molecule has 1 aliphatic heterocycles. The van der Waals surface area contributed by atoms with Gasteiger partial charge in [0.1, 0.15) is 0 Å². The van der Waals surface area contributed by atoms with E-state index in [1.54, 1.807) is 6.07 Å². The van der Waals surface area contributed by atoms with Crippen LogP contribution in [0.15, 0.2) is 18.2 Å². The first-order valence-corrected chi connectivity index (χ1v) is 6.12. The summed E-state index contributed by atoms with van der Waals surface area (Å²) in [6.45, 7) is 4.68. The van der Waals surface area contributed by atoms with Gasteiger partial charge < -0.3 is 4.90 Å². The molecule has 1 aliphatic carbocycles. The Balaban J connectivity index is 1.82. The van der Waals surface area contributed by atoms with Crippen molar-refractivity contribution in [2.45, 2.75) is 6.92 Å². The molecule has 1 saturated carbocycles. The molecule has 1 aromatic carbocycles. The first-order valence-electron chi connectivity index (χ1n) is 5.36. The van der Waals surface area contributed by atoms with Gasteiger partial charge in [0.25, 0.3) is 0 Å². The molecule has 3 rings (SSSR count). The normalized spacial score (nSPS) is 33.0. The Labute approximate surface area is 100.0 Å². The van der Waals surface area contributed by atoms with Crippen molar-refractivity contribution < 1.29 is 0 Å². The summed E-state index contributed by atoms with van der Waals surface area (Å²) in [5.41, 5.74) is 1.17. The van der Waals surface area contributed by atoms with Gasteiger partial charge >= 0.3 is 0 Å². The van der Waals surface area contributed by atoms with Crippen LogP contribution in [0.2, 0.25) is 10.0 Å². The molecule has 0 aromatic heterocycles. The van der Waals surface area contributed by atoms with E-state index in [9.17, 15) is 0 Å². The Morgan fingerprint density at radius 1 is 1.07 bits per heavy atom. The lowest BCUT2D eigenvalue weighted by Crippen LogP contribution is -2.23. The van der Waals surface area contributed by atoms with E-state index in [0.717, 1.165) is 27.8 Å². The number of halogens is 2. The van der Waals surface area contributed by atoms with Gasteiger partial charge in [0.05, 0.1) is 0 Å². The second kappa shape index (κ2) is 3.29. The zero-order chi connectivity index (χ0) is 10.6. The standard InChI is InChI=1S/C12H13Cl2N/c1-7-11-5-15(6-12(7)11)10-3-8(13)2-9(14)4-10/h2-4,7,11-12H,5-6H2,1H3. The highest BCUT2D eigenvalue weighted by Crippen LogP contribution is 2.52. The van der Waals surface area contributed by atoms with Crippen molar-refractivity contribution in [2.75, 3.05) is 18.0 Å². The molecule has 1 aromatic rings. The minimum atomic E-state index is 0.728. The number of fused-ring (bicyclic) bond motifs is 1. The molecular formula is C12H13Cl2N. The van der Waals surface area contributed by atoms with Crippen LogP contribution < -0.4 is 4.90 Å². The summed E-state index contributed by atoms with van der Waals surface area (Å²) in [5, 5.41) is 1.46. The van der Waals surface area contributed by atoms with Gasteiger partial charge in [-0.3, -0.25) is 0 Å². The lowest BCUT2D eigenvalue weighted by Gasteiger charge is -2.21. The third kappa shape index (κ3) is 1.62. The third-order valence-electron chi connectivity index (χ3n) is 3.83. The van der Waals surface area contributed by atoms with Crippen LogP contribution >= 0.6 is 23.2 Å². The number of rotatable bonds is 1. The SMILES string of the molecule is CC1C2CN(c3cc(Cl)cc(Cl)c3)CC12. The van der Waals surface area contributed by atoms with E-state index < -0.39 is 0 Å². The van der Waals surface area contributed by atoms with Gasteiger partial charge in [-0.15, -0.1) is 0 Å². The van der Waals surface area contributed by atoms with Crippen LogP contribution in [0.4, 0.5) is 5.69 Å². The fourth-order valence-corrected chi connectivity index (χ4v) is 3.27. The molecule has 1 nitrogen and oxygen atoms in total. The zero-order valence-corrected chi connectivity index (χ0v) is 10.1. The van der Waals surface area contributed by atoms with Gasteiger partial charge in [-0.05, 0) is 36.0 Å². The topological polar surface area (TPSA) is 3.24 Å². The van der Waals surface area contributed by atoms with Crippen LogP contribution in [0.25, 0.3) is 0 Å². The minimum Gasteiger partial charge on any atom is -0.371 e. The van der Waals surface area contributed by atoms with Gasteiger partial charge in [-0.1, -0.05) is 30.1 Å². The third-order valence-corrected chi connectivity index (χ3v) is 4.27. The molecule has 1 heterocycles. The van der Waals surface area contributed by atoms with E-state index in [0.29, 0.717) is 0 Å². The van der Waals surface area contributed by atoms with E-state index in [4.69, 9.17) is 23.2 Å². The summed E-state index contributed by atoms with van der Waals surface area (Å²) in [6.07, 6.45) is 0. The Morgan fingerprint density at radius 2 is 1.60 bits per heavy atom. The summed E-state index contributed by atoms with van der Waals surface area (Å²) in [7, 11) is 0. The monoisotopic (exact) mass is 241 g/mol. The molecule has 80 valence electrons. The average Bonchev–Trinajstić information content (AvgIpc) is 2.64. The van der Waals surface area contributed by atoms with Crippen molar-refractivity contribution in [2.24, 2.45) is 17.8 Å². The summed E-state index contributed by atoms with van der Waals surface area (Å²) < 4.78 is 0. The highest BCUT2D eigenvalue weighted by Gasteiger charge is 2.52. The van der Waals surface area contributed by atoms with E-state index in [-0.39, 0.29) is 0 Å². The van der Waals surface area contributed by atoms with Crippen molar-refractivity contribution in [3.8, 4) is 0 Å². The number of hydrogen-bond acceptors (Lipinski definition) is 1. The van der Waals surface area contributed by atoms with Crippen LogP contribution in [0.5, 0.6) is 0 Å². The summed E-state index contributed by atoms with van der Waals surface area (Å²) in [4.78, 5) is 2.40. The van der Waals surface area contributed by atoms with Gasteiger partial charge in [-0.25, -0.2) is 0 Å². The lowest BCUT2D eigenvalue weighted by atomic mass is 10.2. The van der Waals surface area contributed by atoms with E-state index in [2.05, 4.69) is 11.8 Å². The quantitative estimate of drug-likeness (QED) is 0.725. The molecule has 15 heavy (non-hydrogen) atoms. The van der Waals surface area contributed by atoms with Crippen LogP contribution in [0.3, 0.4) is 0 Å². The molecule has 2 aliphatic rings. The second-order valence-electron chi connectivity index (χ2n) is 4.72. The van der Waals surface area contributed by atoms with Gasteiger partial charge in [-0.2, -0.15) is 0 Å². The van der Waals surface area contributed by atoms with Gasteiger partial charge in [0.2, 0.25) is 0 Å². The van der Waals surface area contributed by atoms with Crippen molar-refractivity contribution in [3.05, 3.63) is 28.2 Å². The van der Waals surface area contributed by atoms with Crippen molar-refractivity contribution in [3.63, 3.8) is 0 Å². The number of benzene rings is 1. The second-order valence-corrected chi connectivity index (χ2v) is 5.59. The molecule has 0 amide bonds. The largest absolute Gasteiger partial charge is 0.371 e. The van der Waals surface area contributed by atoms with Crippen LogP contribution in [-0.4, -0.2) is 13.1 Å². The summed E-state index contributed by atoms with van der Waals surface area (Å²) >= 11 is 12.0. The van der Waals surface area contributed by atoms with Gasteiger partial charge in [0, 0.05) is 28.8 Å². The van der Waals surface area contributed by atoms with Crippen LogP contribution in [0, 0.1) is 17.8 Å². The Kier molecular flexibility index (Phi) is 2.15. The molecule has 0 N–H and O–H groups in total. The molecule has 0 radical (unpaired) electrons. The minimum absolute atomic E-state index is 0.728. The first kappa shape index (κ1) is 9.80. The Morgan fingerprint density at radius 3 is 2.13 bits per heavy atom. The van der Waals surface area contributed by atoms with Crippen LogP contribution in [-0.2, 0) is 0 Å². The molecule has 2 atom stereocenters. The highest BCUT2D eigenvalue weighted by molar-refractivity contribution is 6.35. The molecule has 2 unspecified atom stereocenters. The smallest absolute Gasteiger partial charge is 0.0441 e. The fourth-order valence-electron chi connectivity index (χ4n) is 2.76. The Hall–Kier alpha value is -0.400. The maximum atomic E-state index is 5.99. The maximum absolute atomic E-state index is 5.99. The average molecular weight is 242 g/mol. The molecular weight excluding hydrogens is 229 g/mol. The van der Waals surface area contributed by atoms with Crippen molar-refractivity contribution >= 4 is 28.9 Å². The van der Waals surface area contributed by atoms with Crippen molar-refractivity contribution in [1.29, 1.82) is 0 Å². The van der Waals surface area contributed by atoms with E-state index in [1.807, 2.05) is 12.1 Å². The number of nitrogens with zero attached hydrogens (tertiary/aromatic N) is 1. The summed E-state index contributed by atoms with van der Waals surface area (Å²) in [6, 6.07) is 5.79. The van der Waals surface area contributed by atoms with E-state index >= 15 is 0 Å². The fraction of sp³-hybridized carbons (Fsp3) is 0.500. The highest BCUT2D eigenvalue weighted by atomic mass is 35.5. The number of anilines is 1. The Bertz CT molecular complexity index is 372. The molecule has 0 spiro atoms. The molecule has 3 heteroatoms. The first-order chi connectivity index (χ1) is 7.15. The molecule has 0 bridgehead atoms. The molecule has 2 fully saturated rings. The maximum Gasteiger partial charge on any atom is 0.0441 e.